The van der Waals surface area contributed by atoms with Crippen molar-refractivity contribution in [2.75, 3.05) is 18.8 Å². The number of piperidine rings is 1. The van der Waals surface area contributed by atoms with E-state index in [4.69, 9.17) is 5.26 Å². The smallest absolute Gasteiger partial charge is 0.225 e. The topological polar surface area (TPSA) is 82.0 Å². The van der Waals surface area contributed by atoms with Crippen molar-refractivity contribution in [2.24, 2.45) is 5.92 Å². The minimum atomic E-state index is -3.42. The van der Waals surface area contributed by atoms with Gasteiger partial charge in [-0.2, -0.15) is 5.26 Å². The van der Waals surface area contributed by atoms with Gasteiger partial charge in [0.05, 0.1) is 6.07 Å². The highest BCUT2D eigenvalue weighted by Gasteiger charge is 2.23. The highest BCUT2D eigenvalue weighted by atomic mass is 32.2. The molecule has 0 aromatic rings. The van der Waals surface area contributed by atoms with Gasteiger partial charge in [0, 0.05) is 6.04 Å². The van der Waals surface area contributed by atoms with Crippen molar-refractivity contribution in [2.45, 2.75) is 25.8 Å². The van der Waals surface area contributed by atoms with Crippen LogP contribution in [0.3, 0.4) is 0 Å². The summed E-state index contributed by atoms with van der Waals surface area (Å²) in [5, 5.41) is 11.6. The van der Waals surface area contributed by atoms with E-state index in [1.165, 1.54) is 0 Å². The molecule has 0 aliphatic carbocycles. The third kappa shape index (κ3) is 4.16. The van der Waals surface area contributed by atoms with Crippen molar-refractivity contribution >= 4 is 10.0 Å². The van der Waals surface area contributed by atoms with Crippen LogP contribution in [0.15, 0.2) is 0 Å². The Kier molecular flexibility index (Phi) is 4.51. The van der Waals surface area contributed by atoms with Crippen LogP contribution in [0.5, 0.6) is 0 Å². The van der Waals surface area contributed by atoms with E-state index >= 15 is 0 Å². The van der Waals surface area contributed by atoms with E-state index in [1.54, 1.807) is 6.07 Å². The average molecular weight is 231 g/mol. The van der Waals surface area contributed by atoms with Gasteiger partial charge in [0.25, 0.3) is 0 Å². The second-order valence-electron chi connectivity index (χ2n) is 3.93. The molecule has 1 aliphatic heterocycles. The molecule has 1 saturated heterocycles. The first-order chi connectivity index (χ1) is 7.05. The number of nitriles is 1. The van der Waals surface area contributed by atoms with E-state index in [1.807, 2.05) is 6.92 Å². The quantitative estimate of drug-likeness (QED) is 0.703. The third-order valence-corrected chi connectivity index (χ3v) is 3.90. The van der Waals surface area contributed by atoms with Crippen LogP contribution in [0.25, 0.3) is 0 Å². The molecule has 0 spiro atoms. The Hall–Kier alpha value is -0.640. The molecule has 2 N–H and O–H groups in total. The maximum atomic E-state index is 11.3. The van der Waals surface area contributed by atoms with E-state index in [0.717, 1.165) is 25.9 Å². The average Bonchev–Trinajstić information content (AvgIpc) is 2.18. The molecule has 6 heteroatoms. The van der Waals surface area contributed by atoms with Crippen LogP contribution in [0, 0.1) is 17.2 Å². The van der Waals surface area contributed by atoms with Crippen LogP contribution >= 0.6 is 0 Å². The molecule has 0 amide bonds. The fourth-order valence-corrected chi connectivity index (χ4v) is 2.82. The molecule has 15 heavy (non-hydrogen) atoms. The Morgan fingerprint density at radius 3 is 2.93 bits per heavy atom. The first kappa shape index (κ1) is 12.4. The third-order valence-electron chi connectivity index (χ3n) is 2.66. The fraction of sp³-hybridized carbons (Fsp3) is 0.889. The summed E-state index contributed by atoms with van der Waals surface area (Å²) in [5.41, 5.74) is 0. The van der Waals surface area contributed by atoms with Gasteiger partial charge in [-0.15, -0.1) is 0 Å². The van der Waals surface area contributed by atoms with Gasteiger partial charge >= 0.3 is 0 Å². The Morgan fingerprint density at radius 1 is 1.67 bits per heavy atom. The predicted molar refractivity (Wildman–Crippen MR) is 57.6 cm³/mol. The highest BCUT2D eigenvalue weighted by Crippen LogP contribution is 2.14. The predicted octanol–water partition coefficient (Wildman–Crippen LogP) is -0.183. The molecule has 0 aromatic carbocycles. The van der Waals surface area contributed by atoms with Crippen molar-refractivity contribution in [1.82, 2.24) is 10.0 Å². The summed E-state index contributed by atoms with van der Waals surface area (Å²) < 4.78 is 25.2. The summed E-state index contributed by atoms with van der Waals surface area (Å²) in [6.45, 7) is 3.71. The summed E-state index contributed by atoms with van der Waals surface area (Å²) in [5.74, 6) is -0.135. The molecule has 0 aromatic heterocycles. The summed E-state index contributed by atoms with van der Waals surface area (Å²) in [6, 6.07) is 1.55. The molecule has 5 nitrogen and oxygen atoms in total. The largest absolute Gasteiger partial charge is 0.316 e. The van der Waals surface area contributed by atoms with Crippen LogP contribution < -0.4 is 10.0 Å². The molecule has 1 aliphatic rings. The maximum Gasteiger partial charge on any atom is 0.225 e. The van der Waals surface area contributed by atoms with Gasteiger partial charge in [-0.1, -0.05) is 0 Å². The summed E-state index contributed by atoms with van der Waals surface area (Å²) >= 11 is 0. The molecular weight excluding hydrogens is 214 g/mol. The van der Waals surface area contributed by atoms with Gasteiger partial charge in [-0.3, -0.25) is 0 Å². The Bertz CT molecular complexity index is 328. The van der Waals surface area contributed by atoms with Gasteiger partial charge < -0.3 is 5.32 Å². The first-order valence-corrected chi connectivity index (χ1v) is 6.78. The van der Waals surface area contributed by atoms with E-state index in [9.17, 15) is 8.42 Å². The Balaban J connectivity index is 2.47. The van der Waals surface area contributed by atoms with Crippen LogP contribution in [0.1, 0.15) is 19.8 Å². The molecule has 0 saturated carbocycles. The number of hydrogen-bond donors (Lipinski definition) is 2. The van der Waals surface area contributed by atoms with Gasteiger partial charge in [-0.05, 0) is 38.8 Å². The van der Waals surface area contributed by atoms with Gasteiger partial charge in [0.2, 0.25) is 10.0 Å². The zero-order valence-corrected chi connectivity index (χ0v) is 9.68. The minimum Gasteiger partial charge on any atom is -0.316 e. The molecule has 2 atom stereocenters. The van der Waals surface area contributed by atoms with Crippen molar-refractivity contribution in [1.29, 1.82) is 5.26 Å². The lowest BCUT2D eigenvalue weighted by atomic mass is 9.94. The molecule has 2 unspecified atom stereocenters. The van der Waals surface area contributed by atoms with Crippen LogP contribution in [-0.2, 0) is 10.0 Å². The number of hydrogen-bond acceptors (Lipinski definition) is 4. The van der Waals surface area contributed by atoms with Crippen LogP contribution in [-0.4, -0.2) is 33.3 Å². The van der Waals surface area contributed by atoms with Crippen molar-refractivity contribution in [3.05, 3.63) is 0 Å². The second-order valence-corrected chi connectivity index (χ2v) is 5.68. The molecule has 0 bridgehead atoms. The SMILES string of the molecule is CC(NS(=O)(=O)CC#N)C1CCCNC1. The molecule has 0 radical (unpaired) electrons. The number of rotatable bonds is 4. The maximum absolute atomic E-state index is 11.3. The van der Waals surface area contributed by atoms with E-state index < -0.39 is 15.8 Å². The lowest BCUT2D eigenvalue weighted by Gasteiger charge is -2.28. The number of nitrogens with one attached hydrogen (secondary N) is 2. The zero-order valence-electron chi connectivity index (χ0n) is 8.86. The van der Waals surface area contributed by atoms with Crippen molar-refractivity contribution < 1.29 is 8.42 Å². The van der Waals surface area contributed by atoms with E-state index in [-0.39, 0.29) is 6.04 Å². The normalized spacial score (nSPS) is 24.4. The molecule has 1 rings (SSSR count). The van der Waals surface area contributed by atoms with Crippen molar-refractivity contribution in [3.8, 4) is 6.07 Å². The lowest BCUT2D eigenvalue weighted by molar-refractivity contribution is 0.320. The standard InChI is InChI=1S/C9H17N3O2S/c1-8(9-3-2-5-11-7-9)12-15(13,14)6-4-10/h8-9,11-12H,2-3,5-7H2,1H3. The molecular formula is C9H17N3O2S. The molecule has 1 fully saturated rings. The zero-order chi connectivity index (χ0) is 11.3. The monoisotopic (exact) mass is 231 g/mol. The summed E-state index contributed by atoms with van der Waals surface area (Å²) in [4.78, 5) is 0. The Labute approximate surface area is 90.9 Å². The van der Waals surface area contributed by atoms with Gasteiger partial charge in [-0.25, -0.2) is 13.1 Å². The van der Waals surface area contributed by atoms with E-state index in [2.05, 4.69) is 10.0 Å². The summed E-state index contributed by atoms with van der Waals surface area (Å²) in [7, 11) is -3.42. The number of nitrogens with zero attached hydrogens (tertiary/aromatic N) is 1. The summed E-state index contributed by atoms with van der Waals surface area (Å²) in [6.07, 6.45) is 2.11. The minimum absolute atomic E-state index is 0.101. The van der Waals surface area contributed by atoms with Crippen LogP contribution in [0.2, 0.25) is 0 Å². The van der Waals surface area contributed by atoms with Crippen LogP contribution in [0.4, 0.5) is 0 Å². The Morgan fingerprint density at radius 2 is 2.40 bits per heavy atom. The fourth-order valence-electron chi connectivity index (χ4n) is 1.81. The van der Waals surface area contributed by atoms with Crippen molar-refractivity contribution in [3.63, 3.8) is 0 Å². The first-order valence-electron chi connectivity index (χ1n) is 5.13. The van der Waals surface area contributed by atoms with E-state index in [0.29, 0.717) is 5.92 Å². The van der Waals surface area contributed by atoms with Gasteiger partial charge in [0.1, 0.15) is 0 Å². The molecule has 1 heterocycles. The second kappa shape index (κ2) is 5.45. The lowest BCUT2D eigenvalue weighted by Crippen LogP contribution is -2.45. The number of sulfonamides is 1. The van der Waals surface area contributed by atoms with Gasteiger partial charge in [0.15, 0.2) is 5.75 Å². The molecule has 86 valence electrons. The highest BCUT2D eigenvalue weighted by molar-refractivity contribution is 7.89.